The van der Waals surface area contributed by atoms with E-state index in [2.05, 4.69) is 51.9 Å². The summed E-state index contributed by atoms with van der Waals surface area (Å²) in [5, 5.41) is 10.8. The molecular formula is C21H34IN5O2. The number of aromatic nitrogens is 2. The third-order valence-electron chi connectivity index (χ3n) is 4.13. The first-order valence-electron chi connectivity index (χ1n) is 9.97. The van der Waals surface area contributed by atoms with E-state index in [4.69, 9.17) is 9.47 Å². The third kappa shape index (κ3) is 11.2. The number of ether oxygens (including phenoxy) is 2. The number of hydrogen-bond acceptors (Lipinski definition) is 4. The molecule has 0 amide bonds. The van der Waals surface area contributed by atoms with Crippen LogP contribution in [-0.4, -0.2) is 55.8 Å². The van der Waals surface area contributed by atoms with E-state index in [-0.39, 0.29) is 24.0 Å². The molecule has 0 aliphatic carbocycles. The highest BCUT2D eigenvalue weighted by Crippen LogP contribution is 2.07. The Kier molecular flexibility index (Phi) is 14.2. The second kappa shape index (κ2) is 16.2. The van der Waals surface area contributed by atoms with Crippen LogP contribution in [0.2, 0.25) is 0 Å². The molecule has 0 unspecified atom stereocenters. The molecule has 8 heteroatoms. The van der Waals surface area contributed by atoms with Gasteiger partial charge >= 0.3 is 0 Å². The second-order valence-electron chi connectivity index (χ2n) is 6.45. The summed E-state index contributed by atoms with van der Waals surface area (Å²) in [5.74, 6) is 0.764. The fourth-order valence-corrected chi connectivity index (χ4v) is 2.64. The van der Waals surface area contributed by atoms with Crippen molar-refractivity contribution in [1.29, 1.82) is 0 Å². The van der Waals surface area contributed by atoms with E-state index in [1.807, 2.05) is 16.9 Å². The molecule has 0 atom stereocenters. The van der Waals surface area contributed by atoms with Crippen LogP contribution in [0.3, 0.4) is 0 Å². The number of guanidine groups is 1. The average molecular weight is 515 g/mol. The number of aliphatic imine (C=N–C) groups is 1. The topological polar surface area (TPSA) is 72.7 Å². The standard InChI is InChI=1S/C21H33N5O2.HI/c1-3-4-12-27-14-15-28-13-10-23-21(22-2)24-17-19-7-5-8-20(16-19)18-26-11-6-9-25-26;/h5-9,11,16H,3-4,10,12-15,17-18H2,1-2H3,(H2,22,23,24);1H. The largest absolute Gasteiger partial charge is 0.379 e. The van der Waals surface area contributed by atoms with Crippen LogP contribution in [0.1, 0.15) is 30.9 Å². The fourth-order valence-electron chi connectivity index (χ4n) is 2.64. The van der Waals surface area contributed by atoms with Gasteiger partial charge in [0, 0.05) is 39.1 Å². The molecule has 29 heavy (non-hydrogen) atoms. The Morgan fingerprint density at radius 1 is 1.07 bits per heavy atom. The molecule has 0 aliphatic rings. The lowest BCUT2D eigenvalue weighted by Gasteiger charge is -2.13. The van der Waals surface area contributed by atoms with Gasteiger partial charge in [0.2, 0.25) is 0 Å². The van der Waals surface area contributed by atoms with Crippen molar-refractivity contribution in [3.63, 3.8) is 0 Å². The SMILES string of the molecule is CCCCOCCOCCNC(=NC)NCc1cccc(Cn2cccn2)c1.I. The summed E-state index contributed by atoms with van der Waals surface area (Å²) in [4.78, 5) is 4.25. The van der Waals surface area contributed by atoms with E-state index in [0.29, 0.717) is 32.9 Å². The number of hydrogen-bond donors (Lipinski definition) is 2. The molecule has 1 aromatic heterocycles. The van der Waals surface area contributed by atoms with E-state index in [9.17, 15) is 0 Å². The minimum absolute atomic E-state index is 0. The Hall–Kier alpha value is -1.65. The Labute approximate surface area is 191 Å². The van der Waals surface area contributed by atoms with Crippen LogP contribution < -0.4 is 10.6 Å². The van der Waals surface area contributed by atoms with Gasteiger partial charge in [-0.25, -0.2) is 0 Å². The molecule has 2 N–H and O–H groups in total. The Morgan fingerprint density at radius 2 is 1.86 bits per heavy atom. The summed E-state index contributed by atoms with van der Waals surface area (Å²) in [6, 6.07) is 10.4. The molecule has 0 saturated carbocycles. The lowest BCUT2D eigenvalue weighted by atomic mass is 10.1. The second-order valence-corrected chi connectivity index (χ2v) is 6.45. The summed E-state index contributed by atoms with van der Waals surface area (Å²) < 4.78 is 12.9. The van der Waals surface area contributed by atoms with Crippen molar-refractivity contribution >= 4 is 29.9 Å². The van der Waals surface area contributed by atoms with Crippen molar-refractivity contribution in [2.45, 2.75) is 32.9 Å². The lowest BCUT2D eigenvalue weighted by molar-refractivity contribution is 0.0487. The normalized spacial score (nSPS) is 11.2. The van der Waals surface area contributed by atoms with Crippen molar-refractivity contribution in [1.82, 2.24) is 20.4 Å². The molecule has 1 aromatic carbocycles. The molecule has 0 bridgehead atoms. The predicted octanol–water partition coefficient (Wildman–Crippen LogP) is 3.05. The summed E-state index contributed by atoms with van der Waals surface area (Å²) in [7, 11) is 1.77. The average Bonchev–Trinajstić information content (AvgIpc) is 3.22. The molecule has 0 saturated heterocycles. The maximum Gasteiger partial charge on any atom is 0.191 e. The first-order chi connectivity index (χ1) is 13.8. The third-order valence-corrected chi connectivity index (χ3v) is 4.13. The Morgan fingerprint density at radius 3 is 2.59 bits per heavy atom. The van der Waals surface area contributed by atoms with E-state index in [0.717, 1.165) is 32.0 Å². The van der Waals surface area contributed by atoms with Gasteiger partial charge < -0.3 is 20.1 Å². The van der Waals surface area contributed by atoms with Crippen LogP contribution in [0.25, 0.3) is 0 Å². The fraction of sp³-hybridized carbons (Fsp3) is 0.524. The molecule has 162 valence electrons. The number of nitrogens with one attached hydrogen (secondary N) is 2. The highest BCUT2D eigenvalue weighted by Gasteiger charge is 2.01. The molecule has 0 spiro atoms. The molecule has 2 rings (SSSR count). The van der Waals surface area contributed by atoms with Crippen LogP contribution in [0.4, 0.5) is 0 Å². The summed E-state index contributed by atoms with van der Waals surface area (Å²) in [5.41, 5.74) is 2.42. The minimum Gasteiger partial charge on any atom is -0.379 e. The molecular weight excluding hydrogens is 481 g/mol. The van der Waals surface area contributed by atoms with Gasteiger partial charge in [0.05, 0.1) is 26.4 Å². The zero-order valence-corrected chi connectivity index (χ0v) is 19.8. The van der Waals surface area contributed by atoms with Crippen LogP contribution in [0.5, 0.6) is 0 Å². The number of benzene rings is 1. The molecule has 2 aromatic rings. The van der Waals surface area contributed by atoms with Gasteiger partial charge in [0.1, 0.15) is 0 Å². The van der Waals surface area contributed by atoms with Crippen LogP contribution in [0.15, 0.2) is 47.7 Å². The Balaban J connectivity index is 0.00000420. The van der Waals surface area contributed by atoms with Crippen LogP contribution >= 0.6 is 24.0 Å². The van der Waals surface area contributed by atoms with Gasteiger partial charge in [-0.2, -0.15) is 5.10 Å². The number of halogens is 1. The Bertz CT molecular complexity index is 679. The van der Waals surface area contributed by atoms with E-state index >= 15 is 0 Å². The summed E-state index contributed by atoms with van der Waals surface area (Å²) >= 11 is 0. The number of nitrogens with zero attached hydrogens (tertiary/aromatic N) is 3. The predicted molar refractivity (Wildman–Crippen MR) is 128 cm³/mol. The molecule has 1 heterocycles. The van der Waals surface area contributed by atoms with Crippen LogP contribution in [-0.2, 0) is 22.6 Å². The van der Waals surface area contributed by atoms with Gasteiger partial charge in [0.15, 0.2) is 5.96 Å². The maximum absolute atomic E-state index is 5.56. The lowest BCUT2D eigenvalue weighted by Crippen LogP contribution is -2.38. The number of unbranched alkanes of at least 4 members (excludes halogenated alkanes) is 1. The summed E-state index contributed by atoms with van der Waals surface area (Å²) in [6.45, 7) is 7.06. The van der Waals surface area contributed by atoms with Gasteiger partial charge in [-0.1, -0.05) is 37.6 Å². The quantitative estimate of drug-likeness (QED) is 0.186. The van der Waals surface area contributed by atoms with Crippen molar-refractivity contribution in [3.05, 3.63) is 53.9 Å². The molecule has 0 aliphatic heterocycles. The van der Waals surface area contributed by atoms with Crippen LogP contribution in [0, 0.1) is 0 Å². The highest BCUT2D eigenvalue weighted by molar-refractivity contribution is 14.0. The van der Waals surface area contributed by atoms with Gasteiger partial charge in [-0.3, -0.25) is 9.67 Å². The van der Waals surface area contributed by atoms with Crippen molar-refractivity contribution in [2.24, 2.45) is 4.99 Å². The molecule has 0 radical (unpaired) electrons. The van der Waals surface area contributed by atoms with E-state index in [1.54, 1.807) is 13.2 Å². The van der Waals surface area contributed by atoms with E-state index in [1.165, 1.54) is 11.1 Å². The number of rotatable bonds is 13. The van der Waals surface area contributed by atoms with Crippen molar-refractivity contribution in [2.75, 3.05) is 40.0 Å². The van der Waals surface area contributed by atoms with E-state index < -0.39 is 0 Å². The molecule has 7 nitrogen and oxygen atoms in total. The first-order valence-corrected chi connectivity index (χ1v) is 9.97. The van der Waals surface area contributed by atoms with Crippen molar-refractivity contribution < 1.29 is 9.47 Å². The monoisotopic (exact) mass is 515 g/mol. The van der Waals surface area contributed by atoms with Gasteiger partial charge in [-0.15, -0.1) is 24.0 Å². The first kappa shape index (κ1) is 25.4. The highest BCUT2D eigenvalue weighted by atomic mass is 127. The maximum atomic E-state index is 5.56. The zero-order chi connectivity index (χ0) is 19.9. The smallest absolute Gasteiger partial charge is 0.191 e. The summed E-state index contributed by atoms with van der Waals surface area (Å²) in [6.07, 6.45) is 6.03. The van der Waals surface area contributed by atoms with Gasteiger partial charge in [-0.05, 0) is 23.6 Å². The zero-order valence-electron chi connectivity index (χ0n) is 17.5. The van der Waals surface area contributed by atoms with Gasteiger partial charge in [0.25, 0.3) is 0 Å². The minimum atomic E-state index is 0. The molecule has 0 fully saturated rings. The van der Waals surface area contributed by atoms with Crippen molar-refractivity contribution in [3.8, 4) is 0 Å².